The van der Waals surface area contributed by atoms with Crippen molar-refractivity contribution in [1.82, 2.24) is 0 Å². The number of allylic oxidation sites excluding steroid dienone is 1. The van der Waals surface area contributed by atoms with Crippen molar-refractivity contribution in [3.8, 4) is 0 Å². The van der Waals surface area contributed by atoms with E-state index in [1.165, 1.54) is 20.8 Å². The van der Waals surface area contributed by atoms with Gasteiger partial charge in [-0.05, 0) is 20.8 Å². The minimum atomic E-state index is -1.39. The second-order valence-corrected chi connectivity index (χ2v) is 4.32. The Hall–Kier alpha value is -2.57. The molecule has 0 aliphatic carbocycles. The minimum absolute atomic E-state index is 0.107. The van der Waals surface area contributed by atoms with E-state index in [4.69, 9.17) is 19.9 Å². The van der Waals surface area contributed by atoms with Crippen LogP contribution < -0.4 is 5.73 Å². The summed E-state index contributed by atoms with van der Waals surface area (Å²) in [5.41, 5.74) is 5.77. The van der Waals surface area contributed by atoms with E-state index in [0.29, 0.717) is 0 Å². The molecule has 0 saturated carbocycles. The normalized spacial score (nSPS) is 10.8. The monoisotopic (exact) mass is 297 g/mol. The first-order valence-corrected chi connectivity index (χ1v) is 5.97. The fourth-order valence-electron chi connectivity index (χ4n) is 0.910. The molecule has 0 amide bonds. The molecule has 2 N–H and O–H groups in total. The van der Waals surface area contributed by atoms with Crippen LogP contribution in [0.25, 0.3) is 0 Å². The van der Waals surface area contributed by atoms with E-state index in [0.717, 1.165) is 6.08 Å². The number of ether oxygens (including phenoxy) is 3. The standard InChI is InChI=1S/C14H19NO6/c1-8(2)13(17)20-12(21-14(18)9(3)4)7-19-11(16)6-10(5)15/h6,12H,1,3,7,15H2,2,4-5H3/b10-6-. The van der Waals surface area contributed by atoms with Gasteiger partial charge in [0, 0.05) is 22.9 Å². The Morgan fingerprint density at radius 1 is 1.05 bits per heavy atom. The molecule has 116 valence electrons. The molecule has 0 fully saturated rings. The Morgan fingerprint density at radius 3 is 1.81 bits per heavy atom. The van der Waals surface area contributed by atoms with Crippen molar-refractivity contribution in [1.29, 1.82) is 0 Å². The number of carbonyl (C=O) groups is 3. The second-order valence-electron chi connectivity index (χ2n) is 4.32. The zero-order chi connectivity index (χ0) is 16.6. The first kappa shape index (κ1) is 18.4. The van der Waals surface area contributed by atoms with Gasteiger partial charge in [0.1, 0.15) is 0 Å². The van der Waals surface area contributed by atoms with Crippen LogP contribution in [0.5, 0.6) is 0 Å². The van der Waals surface area contributed by atoms with Gasteiger partial charge in [-0.3, -0.25) is 0 Å². The van der Waals surface area contributed by atoms with Gasteiger partial charge in [0.05, 0.1) is 0 Å². The van der Waals surface area contributed by atoms with Gasteiger partial charge >= 0.3 is 17.9 Å². The average molecular weight is 297 g/mol. The van der Waals surface area contributed by atoms with Gasteiger partial charge < -0.3 is 19.9 Å². The Labute approximate surface area is 123 Å². The van der Waals surface area contributed by atoms with E-state index in [-0.39, 0.29) is 16.8 Å². The third-order valence-corrected chi connectivity index (χ3v) is 1.88. The van der Waals surface area contributed by atoms with Crippen molar-refractivity contribution < 1.29 is 28.6 Å². The lowest BCUT2D eigenvalue weighted by Crippen LogP contribution is -2.30. The maximum atomic E-state index is 11.4. The van der Waals surface area contributed by atoms with Crippen LogP contribution in [0.3, 0.4) is 0 Å². The van der Waals surface area contributed by atoms with Crippen molar-refractivity contribution in [2.75, 3.05) is 6.61 Å². The molecular weight excluding hydrogens is 278 g/mol. The lowest BCUT2D eigenvalue weighted by Gasteiger charge is -2.18. The summed E-state index contributed by atoms with van der Waals surface area (Å²) in [7, 11) is 0. The maximum absolute atomic E-state index is 11.4. The molecule has 0 saturated heterocycles. The average Bonchev–Trinajstić information content (AvgIpc) is 2.34. The third-order valence-electron chi connectivity index (χ3n) is 1.88. The van der Waals surface area contributed by atoms with E-state index in [2.05, 4.69) is 13.2 Å². The quantitative estimate of drug-likeness (QED) is 0.424. The SMILES string of the molecule is C=C(C)C(=O)OC(COC(=O)/C=C(/C)N)OC(=O)C(=C)C. The summed E-state index contributed by atoms with van der Waals surface area (Å²) in [4.78, 5) is 34.1. The number of hydrogen-bond donors (Lipinski definition) is 1. The molecule has 0 aliphatic rings. The number of nitrogens with two attached hydrogens (primary N) is 1. The predicted octanol–water partition coefficient (Wildman–Crippen LogP) is 0.957. The molecule has 0 unspecified atom stereocenters. The summed E-state index contributed by atoms with van der Waals surface area (Å²) in [6.07, 6.45) is -0.355. The van der Waals surface area contributed by atoms with Gasteiger partial charge in [0.25, 0.3) is 6.29 Å². The molecule has 0 aromatic carbocycles. The predicted molar refractivity (Wildman–Crippen MR) is 74.5 cm³/mol. The van der Waals surface area contributed by atoms with Crippen LogP contribution in [0.1, 0.15) is 20.8 Å². The largest absolute Gasteiger partial charge is 0.454 e. The highest BCUT2D eigenvalue weighted by molar-refractivity contribution is 5.88. The molecule has 0 rings (SSSR count). The van der Waals surface area contributed by atoms with Crippen LogP contribution in [-0.4, -0.2) is 30.8 Å². The molecule has 7 nitrogen and oxygen atoms in total. The highest BCUT2D eigenvalue weighted by Gasteiger charge is 2.21. The zero-order valence-corrected chi connectivity index (χ0v) is 12.3. The summed E-state index contributed by atoms with van der Waals surface area (Å²) in [5, 5.41) is 0. The Balaban J connectivity index is 4.72. The van der Waals surface area contributed by atoms with Gasteiger partial charge in [-0.25, -0.2) is 14.4 Å². The van der Waals surface area contributed by atoms with Crippen molar-refractivity contribution in [2.45, 2.75) is 27.1 Å². The molecule has 0 aromatic rings. The summed E-state index contributed by atoms with van der Waals surface area (Å²) < 4.78 is 14.4. The van der Waals surface area contributed by atoms with Gasteiger partial charge in [-0.1, -0.05) is 13.2 Å². The van der Waals surface area contributed by atoms with Crippen LogP contribution in [0.4, 0.5) is 0 Å². The molecule has 0 aromatic heterocycles. The molecule has 7 heteroatoms. The number of hydrogen-bond acceptors (Lipinski definition) is 7. The van der Waals surface area contributed by atoms with Crippen LogP contribution in [0.15, 0.2) is 36.1 Å². The lowest BCUT2D eigenvalue weighted by atomic mass is 10.3. The fourth-order valence-corrected chi connectivity index (χ4v) is 0.910. The minimum Gasteiger partial charge on any atom is -0.454 e. The molecule has 0 radical (unpaired) electrons. The lowest BCUT2D eigenvalue weighted by molar-refractivity contribution is -0.193. The van der Waals surface area contributed by atoms with Gasteiger partial charge in [0.2, 0.25) is 0 Å². The molecule has 0 bridgehead atoms. The summed E-state index contributed by atoms with van der Waals surface area (Å²) in [5.74, 6) is -2.31. The molecular formula is C14H19NO6. The Morgan fingerprint density at radius 2 is 1.48 bits per heavy atom. The van der Waals surface area contributed by atoms with E-state index in [1.807, 2.05) is 0 Å². The van der Waals surface area contributed by atoms with Gasteiger partial charge in [0.15, 0.2) is 6.61 Å². The van der Waals surface area contributed by atoms with E-state index >= 15 is 0 Å². The first-order valence-electron chi connectivity index (χ1n) is 5.97. The van der Waals surface area contributed by atoms with Crippen LogP contribution in [0.2, 0.25) is 0 Å². The van der Waals surface area contributed by atoms with Crippen LogP contribution >= 0.6 is 0 Å². The molecule has 0 heterocycles. The second kappa shape index (κ2) is 8.57. The Kier molecular flexibility index (Phi) is 7.52. The van der Waals surface area contributed by atoms with Crippen molar-refractivity contribution in [3.05, 3.63) is 36.1 Å². The molecule has 21 heavy (non-hydrogen) atoms. The Bertz CT molecular complexity index is 460. The summed E-state index contributed by atoms with van der Waals surface area (Å²) >= 11 is 0. The topological polar surface area (TPSA) is 105 Å². The van der Waals surface area contributed by atoms with Crippen LogP contribution in [-0.2, 0) is 28.6 Å². The van der Waals surface area contributed by atoms with E-state index in [1.54, 1.807) is 0 Å². The fraction of sp³-hybridized carbons (Fsp3) is 0.357. The van der Waals surface area contributed by atoms with E-state index in [9.17, 15) is 14.4 Å². The molecule has 0 aliphatic heterocycles. The van der Waals surface area contributed by atoms with Crippen LogP contribution in [0, 0.1) is 0 Å². The van der Waals surface area contributed by atoms with E-state index < -0.39 is 30.8 Å². The number of rotatable bonds is 7. The van der Waals surface area contributed by atoms with Gasteiger partial charge in [-0.15, -0.1) is 0 Å². The highest BCUT2D eigenvalue weighted by Crippen LogP contribution is 2.05. The number of carbonyl (C=O) groups excluding carboxylic acids is 3. The zero-order valence-electron chi connectivity index (χ0n) is 12.3. The van der Waals surface area contributed by atoms with Gasteiger partial charge in [-0.2, -0.15) is 0 Å². The smallest absolute Gasteiger partial charge is 0.336 e. The maximum Gasteiger partial charge on any atom is 0.336 e. The third kappa shape index (κ3) is 8.25. The summed E-state index contributed by atoms with van der Waals surface area (Å²) in [6.45, 7) is 10.7. The number of esters is 3. The van der Waals surface area contributed by atoms with Crippen molar-refractivity contribution in [3.63, 3.8) is 0 Å². The highest BCUT2D eigenvalue weighted by atomic mass is 16.7. The first-order chi connectivity index (χ1) is 9.63. The molecule has 0 atom stereocenters. The van der Waals surface area contributed by atoms with Crippen molar-refractivity contribution in [2.24, 2.45) is 5.73 Å². The van der Waals surface area contributed by atoms with Crippen molar-refractivity contribution >= 4 is 17.9 Å². The molecule has 0 spiro atoms. The summed E-state index contributed by atoms with van der Waals surface area (Å²) in [6, 6.07) is 0.